The van der Waals surface area contributed by atoms with Gasteiger partial charge in [-0.1, -0.05) is 11.6 Å². The van der Waals surface area contributed by atoms with E-state index in [1.165, 1.54) is 6.07 Å². The van der Waals surface area contributed by atoms with Gasteiger partial charge in [0.2, 0.25) is 0 Å². The summed E-state index contributed by atoms with van der Waals surface area (Å²) < 4.78 is 37.1. The van der Waals surface area contributed by atoms with Crippen molar-refractivity contribution in [1.82, 2.24) is 5.32 Å². The number of halogens is 2. The molecule has 1 aliphatic rings. The molecule has 2 rings (SSSR count). The molecule has 1 unspecified atom stereocenters. The summed E-state index contributed by atoms with van der Waals surface area (Å²) in [7, 11) is -3.45. The van der Waals surface area contributed by atoms with Gasteiger partial charge in [-0.05, 0) is 31.2 Å². The van der Waals surface area contributed by atoms with E-state index in [9.17, 15) is 12.8 Å². The van der Waals surface area contributed by atoms with Crippen molar-refractivity contribution in [1.29, 1.82) is 0 Å². The van der Waals surface area contributed by atoms with E-state index >= 15 is 0 Å². The maximum absolute atomic E-state index is 12.8. The van der Waals surface area contributed by atoms with Gasteiger partial charge >= 0.3 is 0 Å². The zero-order valence-electron chi connectivity index (χ0n) is 8.41. The van der Waals surface area contributed by atoms with E-state index in [1.54, 1.807) is 0 Å². The first kappa shape index (κ1) is 11.8. The minimum absolute atomic E-state index is 0.0178. The predicted octanol–water partition coefficient (Wildman–Crippen LogP) is 1.61. The Morgan fingerprint density at radius 1 is 1.44 bits per heavy atom. The topological polar surface area (TPSA) is 46.2 Å². The molecule has 1 atom stereocenters. The second kappa shape index (κ2) is 4.31. The van der Waals surface area contributed by atoms with E-state index in [4.69, 9.17) is 11.6 Å². The van der Waals surface area contributed by atoms with Gasteiger partial charge in [-0.25, -0.2) is 12.8 Å². The molecule has 0 spiro atoms. The van der Waals surface area contributed by atoms with Gasteiger partial charge in [-0.2, -0.15) is 0 Å². The Labute approximate surface area is 98.5 Å². The Balaban J connectivity index is 2.42. The monoisotopic (exact) mass is 263 g/mol. The van der Waals surface area contributed by atoms with Gasteiger partial charge in [0, 0.05) is 6.54 Å². The van der Waals surface area contributed by atoms with Crippen molar-refractivity contribution in [2.75, 3.05) is 13.1 Å². The number of benzene rings is 1. The van der Waals surface area contributed by atoms with E-state index in [2.05, 4.69) is 5.32 Å². The molecule has 0 saturated carbocycles. The van der Waals surface area contributed by atoms with Crippen LogP contribution in [-0.2, 0) is 9.84 Å². The lowest BCUT2D eigenvalue weighted by Gasteiger charge is -2.11. The van der Waals surface area contributed by atoms with Gasteiger partial charge in [-0.3, -0.25) is 0 Å². The summed E-state index contributed by atoms with van der Waals surface area (Å²) in [5, 5.41) is 2.47. The maximum Gasteiger partial charge on any atom is 0.183 e. The molecule has 0 bridgehead atoms. The van der Waals surface area contributed by atoms with Gasteiger partial charge in [0.25, 0.3) is 0 Å². The Hall–Kier alpha value is -0.650. The zero-order valence-corrected chi connectivity index (χ0v) is 9.98. The quantitative estimate of drug-likeness (QED) is 0.825. The van der Waals surface area contributed by atoms with Gasteiger partial charge in [0.1, 0.15) is 5.82 Å². The molecule has 0 amide bonds. The minimum atomic E-state index is -3.45. The van der Waals surface area contributed by atoms with Gasteiger partial charge < -0.3 is 5.32 Å². The molecular weight excluding hydrogens is 253 g/mol. The summed E-state index contributed by atoms with van der Waals surface area (Å²) in [5.41, 5.74) is 0. The second-order valence-electron chi connectivity index (χ2n) is 3.73. The fourth-order valence-corrected chi connectivity index (χ4v) is 3.98. The van der Waals surface area contributed by atoms with Crippen molar-refractivity contribution in [3.63, 3.8) is 0 Å². The molecule has 1 aliphatic heterocycles. The smallest absolute Gasteiger partial charge is 0.183 e. The fourth-order valence-electron chi connectivity index (χ4n) is 1.78. The van der Waals surface area contributed by atoms with Crippen LogP contribution in [0.4, 0.5) is 4.39 Å². The van der Waals surface area contributed by atoms with Gasteiger partial charge in [-0.15, -0.1) is 0 Å². The summed E-state index contributed by atoms with van der Waals surface area (Å²) in [6, 6.07) is 3.36. The molecule has 16 heavy (non-hydrogen) atoms. The highest BCUT2D eigenvalue weighted by Crippen LogP contribution is 2.27. The molecule has 1 heterocycles. The summed E-state index contributed by atoms with van der Waals surface area (Å²) in [4.78, 5) is 0.0178. The van der Waals surface area contributed by atoms with Crippen LogP contribution in [0.3, 0.4) is 0 Å². The Morgan fingerprint density at radius 3 is 2.75 bits per heavy atom. The molecule has 6 heteroatoms. The first-order valence-corrected chi connectivity index (χ1v) is 6.84. The summed E-state index contributed by atoms with van der Waals surface area (Å²) in [6.07, 6.45) is 0.566. The van der Waals surface area contributed by atoms with Crippen molar-refractivity contribution < 1.29 is 12.8 Å². The van der Waals surface area contributed by atoms with E-state index in [1.807, 2.05) is 0 Å². The molecular formula is C10H11ClFNO2S. The molecule has 88 valence electrons. The van der Waals surface area contributed by atoms with Crippen molar-refractivity contribution in [3.8, 4) is 0 Å². The Kier molecular flexibility index (Phi) is 3.19. The number of nitrogens with one attached hydrogen (secondary N) is 1. The lowest BCUT2D eigenvalue weighted by molar-refractivity contribution is 0.582. The molecule has 0 aromatic heterocycles. The van der Waals surface area contributed by atoms with Crippen LogP contribution in [0.2, 0.25) is 5.02 Å². The average Bonchev–Trinajstić information content (AvgIpc) is 2.69. The second-order valence-corrected chi connectivity index (χ2v) is 6.34. The van der Waals surface area contributed by atoms with Crippen molar-refractivity contribution in [2.24, 2.45) is 0 Å². The zero-order chi connectivity index (χ0) is 11.8. The first-order chi connectivity index (χ1) is 7.51. The van der Waals surface area contributed by atoms with Crippen LogP contribution in [0.15, 0.2) is 23.1 Å². The first-order valence-electron chi connectivity index (χ1n) is 4.91. The standard InChI is InChI=1S/C10H11ClFNO2S/c11-9-5-7(12)1-2-10(9)16(14,15)8-3-4-13-6-8/h1-2,5,8,13H,3-4,6H2. The van der Waals surface area contributed by atoms with Crippen LogP contribution in [0.1, 0.15) is 6.42 Å². The SMILES string of the molecule is O=S(=O)(c1ccc(F)cc1Cl)C1CCNC1. The van der Waals surface area contributed by atoms with Crippen LogP contribution in [-0.4, -0.2) is 26.8 Å². The van der Waals surface area contributed by atoms with Crippen LogP contribution < -0.4 is 5.32 Å². The van der Waals surface area contributed by atoms with Gasteiger partial charge in [0.05, 0.1) is 15.2 Å². The van der Waals surface area contributed by atoms with E-state index in [0.717, 1.165) is 12.1 Å². The van der Waals surface area contributed by atoms with E-state index in [0.29, 0.717) is 19.5 Å². The fraction of sp³-hybridized carbons (Fsp3) is 0.400. The third-order valence-electron chi connectivity index (χ3n) is 2.65. The van der Waals surface area contributed by atoms with Crippen LogP contribution >= 0.6 is 11.6 Å². The van der Waals surface area contributed by atoms with Crippen LogP contribution in [0.25, 0.3) is 0 Å². The van der Waals surface area contributed by atoms with Crippen LogP contribution in [0, 0.1) is 5.82 Å². The molecule has 1 aromatic carbocycles. The number of hydrogen-bond donors (Lipinski definition) is 1. The Morgan fingerprint density at radius 2 is 2.19 bits per heavy atom. The maximum atomic E-state index is 12.8. The third kappa shape index (κ3) is 2.07. The lowest BCUT2D eigenvalue weighted by atomic mass is 10.3. The molecule has 0 aliphatic carbocycles. The molecule has 1 aromatic rings. The lowest BCUT2D eigenvalue weighted by Crippen LogP contribution is -2.24. The molecule has 1 N–H and O–H groups in total. The number of hydrogen-bond acceptors (Lipinski definition) is 3. The Bertz CT molecular complexity index is 498. The molecule has 1 saturated heterocycles. The average molecular weight is 264 g/mol. The number of sulfone groups is 1. The summed E-state index contributed by atoms with van der Waals surface area (Å²) >= 11 is 5.75. The van der Waals surface area contributed by atoms with E-state index < -0.39 is 20.9 Å². The van der Waals surface area contributed by atoms with Crippen molar-refractivity contribution >= 4 is 21.4 Å². The van der Waals surface area contributed by atoms with Crippen molar-refractivity contribution in [2.45, 2.75) is 16.6 Å². The molecule has 3 nitrogen and oxygen atoms in total. The van der Waals surface area contributed by atoms with Crippen molar-refractivity contribution in [3.05, 3.63) is 29.0 Å². The highest BCUT2D eigenvalue weighted by atomic mass is 35.5. The summed E-state index contributed by atoms with van der Waals surface area (Å²) in [6.45, 7) is 1.11. The van der Waals surface area contributed by atoms with Gasteiger partial charge in [0.15, 0.2) is 9.84 Å². The molecule has 1 fully saturated rings. The van der Waals surface area contributed by atoms with Crippen LogP contribution in [0.5, 0.6) is 0 Å². The summed E-state index contributed by atoms with van der Waals surface area (Å²) in [5.74, 6) is -0.534. The largest absolute Gasteiger partial charge is 0.315 e. The molecule has 0 radical (unpaired) electrons. The third-order valence-corrected chi connectivity index (χ3v) is 5.33. The highest BCUT2D eigenvalue weighted by Gasteiger charge is 2.31. The predicted molar refractivity (Wildman–Crippen MR) is 59.9 cm³/mol. The highest BCUT2D eigenvalue weighted by molar-refractivity contribution is 7.92. The van der Waals surface area contributed by atoms with E-state index in [-0.39, 0.29) is 9.92 Å². The minimum Gasteiger partial charge on any atom is -0.315 e. The number of rotatable bonds is 2. The normalized spacial score (nSPS) is 21.2.